The lowest BCUT2D eigenvalue weighted by atomic mass is 9.98. The maximum absolute atomic E-state index is 11.9. The molecule has 2 aliphatic heterocycles. The van der Waals surface area contributed by atoms with Crippen LogP contribution in [-0.4, -0.2) is 62.1 Å². The van der Waals surface area contributed by atoms with Gasteiger partial charge in [0.25, 0.3) is 0 Å². The number of rotatable bonds is 6. The summed E-state index contributed by atoms with van der Waals surface area (Å²) in [6, 6.07) is 0. The number of nitrogens with zero attached hydrogens (tertiary/aromatic N) is 1. The van der Waals surface area contributed by atoms with E-state index < -0.39 is 0 Å². The minimum absolute atomic E-state index is 0.0839. The second kappa shape index (κ2) is 6.34. The van der Waals surface area contributed by atoms with E-state index >= 15 is 0 Å². The molecule has 2 rings (SSSR count). The molecule has 1 unspecified atom stereocenters. The van der Waals surface area contributed by atoms with Crippen molar-refractivity contribution in [2.75, 3.05) is 39.9 Å². The lowest BCUT2D eigenvalue weighted by Gasteiger charge is -2.29. The van der Waals surface area contributed by atoms with Crippen LogP contribution in [0.5, 0.6) is 0 Å². The summed E-state index contributed by atoms with van der Waals surface area (Å²) in [4.78, 5) is 24.9. The van der Waals surface area contributed by atoms with Crippen molar-refractivity contribution >= 4 is 11.8 Å². The van der Waals surface area contributed by atoms with Gasteiger partial charge in [-0.15, -0.1) is 0 Å². The van der Waals surface area contributed by atoms with E-state index in [1.165, 1.54) is 0 Å². The number of methoxy groups -OCH3 is 1. The van der Waals surface area contributed by atoms with Crippen molar-refractivity contribution in [2.24, 2.45) is 0 Å². The Bertz CT molecular complexity index is 340. The van der Waals surface area contributed by atoms with E-state index in [1.54, 1.807) is 12.0 Å². The Kier molecular flexibility index (Phi) is 4.76. The van der Waals surface area contributed by atoms with Gasteiger partial charge in [-0.1, -0.05) is 0 Å². The fourth-order valence-corrected chi connectivity index (χ4v) is 2.84. The van der Waals surface area contributed by atoms with Crippen LogP contribution in [-0.2, 0) is 14.3 Å². The van der Waals surface area contributed by atoms with Crippen molar-refractivity contribution in [3.8, 4) is 0 Å². The Labute approximate surface area is 113 Å². The minimum atomic E-state index is -0.139. The van der Waals surface area contributed by atoms with Gasteiger partial charge in [-0.2, -0.15) is 0 Å². The molecule has 0 spiro atoms. The van der Waals surface area contributed by atoms with Gasteiger partial charge in [0.1, 0.15) is 0 Å². The molecular formula is C13H23N3O3. The summed E-state index contributed by atoms with van der Waals surface area (Å²) in [5.41, 5.74) is -0.139. The van der Waals surface area contributed by atoms with Crippen molar-refractivity contribution < 1.29 is 14.3 Å². The normalized spacial score (nSPS) is 27.0. The minimum Gasteiger partial charge on any atom is -0.383 e. The zero-order valence-electron chi connectivity index (χ0n) is 11.5. The molecule has 0 aliphatic carbocycles. The predicted molar refractivity (Wildman–Crippen MR) is 70.7 cm³/mol. The first-order valence-electron chi connectivity index (χ1n) is 6.94. The van der Waals surface area contributed by atoms with Crippen molar-refractivity contribution in [3.05, 3.63) is 0 Å². The highest BCUT2D eigenvalue weighted by atomic mass is 16.5. The van der Waals surface area contributed by atoms with Crippen LogP contribution in [0.25, 0.3) is 0 Å². The van der Waals surface area contributed by atoms with Crippen LogP contribution in [0.2, 0.25) is 0 Å². The molecule has 1 atom stereocenters. The number of carbonyl (C=O) groups excluding carboxylic acids is 2. The van der Waals surface area contributed by atoms with Crippen molar-refractivity contribution in [3.63, 3.8) is 0 Å². The summed E-state index contributed by atoms with van der Waals surface area (Å²) >= 11 is 0. The fourth-order valence-electron chi connectivity index (χ4n) is 2.84. The molecule has 2 saturated heterocycles. The number of likely N-dealkylation sites (tertiary alicyclic amines) is 1. The molecular weight excluding hydrogens is 246 g/mol. The topological polar surface area (TPSA) is 70.7 Å². The fraction of sp³-hybridized carbons (Fsp3) is 0.846. The van der Waals surface area contributed by atoms with Gasteiger partial charge >= 0.3 is 0 Å². The first-order chi connectivity index (χ1) is 9.15. The summed E-state index contributed by atoms with van der Waals surface area (Å²) in [5.74, 6) is 0.000161. The van der Waals surface area contributed by atoms with Crippen molar-refractivity contribution in [1.82, 2.24) is 15.5 Å². The average molecular weight is 269 g/mol. The first kappa shape index (κ1) is 14.3. The number of hydrogen-bond donors (Lipinski definition) is 2. The zero-order valence-corrected chi connectivity index (χ0v) is 11.5. The largest absolute Gasteiger partial charge is 0.383 e. The molecule has 2 aliphatic rings. The van der Waals surface area contributed by atoms with Gasteiger partial charge in [0, 0.05) is 26.6 Å². The highest BCUT2D eigenvalue weighted by Crippen LogP contribution is 2.18. The van der Waals surface area contributed by atoms with Gasteiger partial charge in [-0.3, -0.25) is 9.59 Å². The standard InChI is InChI=1S/C13H23N3O3/c1-19-10-13(5-3-6-15-13)9-14-11(17)8-16-7-2-4-12(16)18/h15H,2-10H2,1H3,(H,14,17). The highest BCUT2D eigenvalue weighted by molar-refractivity contribution is 5.85. The van der Waals surface area contributed by atoms with Crippen LogP contribution in [0.15, 0.2) is 0 Å². The van der Waals surface area contributed by atoms with E-state index in [0.717, 1.165) is 25.8 Å². The van der Waals surface area contributed by atoms with Crippen LogP contribution in [0.4, 0.5) is 0 Å². The zero-order chi connectivity index (χ0) is 13.7. The quantitative estimate of drug-likeness (QED) is 0.681. The summed E-state index contributed by atoms with van der Waals surface area (Å²) in [6.45, 7) is 3.00. The second-order valence-electron chi connectivity index (χ2n) is 5.44. The van der Waals surface area contributed by atoms with Gasteiger partial charge < -0.3 is 20.3 Å². The number of carbonyl (C=O) groups is 2. The number of nitrogens with one attached hydrogen (secondary N) is 2. The summed E-state index contributed by atoms with van der Waals surface area (Å²) in [5, 5.41) is 6.33. The monoisotopic (exact) mass is 269 g/mol. The molecule has 108 valence electrons. The molecule has 19 heavy (non-hydrogen) atoms. The molecule has 2 N–H and O–H groups in total. The third-order valence-corrected chi connectivity index (χ3v) is 3.88. The van der Waals surface area contributed by atoms with Crippen LogP contribution < -0.4 is 10.6 Å². The third kappa shape index (κ3) is 3.67. The number of amides is 2. The summed E-state index contributed by atoms with van der Waals surface area (Å²) < 4.78 is 5.23. The maximum atomic E-state index is 11.9. The van der Waals surface area contributed by atoms with Gasteiger partial charge in [0.15, 0.2) is 0 Å². The molecule has 0 aromatic carbocycles. The lowest BCUT2D eigenvalue weighted by molar-refractivity contribution is -0.133. The SMILES string of the molecule is COCC1(CNC(=O)CN2CCCC2=O)CCCN1. The molecule has 2 fully saturated rings. The molecule has 0 saturated carbocycles. The van der Waals surface area contributed by atoms with Gasteiger partial charge in [-0.25, -0.2) is 0 Å². The molecule has 0 bridgehead atoms. The highest BCUT2D eigenvalue weighted by Gasteiger charge is 2.34. The molecule has 0 aromatic heterocycles. The second-order valence-corrected chi connectivity index (χ2v) is 5.44. The molecule has 6 nitrogen and oxygen atoms in total. The number of ether oxygens (including phenoxy) is 1. The van der Waals surface area contributed by atoms with E-state index in [1.807, 2.05) is 0 Å². The molecule has 6 heteroatoms. The Morgan fingerprint density at radius 3 is 2.95 bits per heavy atom. The Balaban J connectivity index is 1.77. The van der Waals surface area contributed by atoms with E-state index in [4.69, 9.17) is 4.74 Å². The smallest absolute Gasteiger partial charge is 0.239 e. The summed E-state index contributed by atoms with van der Waals surface area (Å²) in [7, 11) is 1.67. The predicted octanol–water partition coefficient (Wildman–Crippen LogP) is -0.506. The average Bonchev–Trinajstić information content (AvgIpc) is 2.99. The van der Waals surface area contributed by atoms with Crippen LogP contribution in [0, 0.1) is 0 Å². The van der Waals surface area contributed by atoms with E-state index in [-0.39, 0.29) is 23.9 Å². The number of hydrogen-bond acceptors (Lipinski definition) is 4. The van der Waals surface area contributed by atoms with Crippen molar-refractivity contribution in [1.29, 1.82) is 0 Å². The molecule has 2 amide bonds. The Hall–Kier alpha value is -1.14. The van der Waals surface area contributed by atoms with Crippen LogP contribution in [0.3, 0.4) is 0 Å². The van der Waals surface area contributed by atoms with Gasteiger partial charge in [0.05, 0.1) is 18.7 Å². The molecule has 2 heterocycles. The third-order valence-electron chi connectivity index (χ3n) is 3.88. The molecule has 0 aromatic rings. The van der Waals surface area contributed by atoms with E-state index in [2.05, 4.69) is 10.6 Å². The first-order valence-corrected chi connectivity index (χ1v) is 6.94. The van der Waals surface area contributed by atoms with Crippen LogP contribution in [0.1, 0.15) is 25.7 Å². The van der Waals surface area contributed by atoms with E-state index in [9.17, 15) is 9.59 Å². The van der Waals surface area contributed by atoms with Crippen LogP contribution >= 0.6 is 0 Å². The maximum Gasteiger partial charge on any atom is 0.239 e. The van der Waals surface area contributed by atoms with Crippen molar-refractivity contribution in [2.45, 2.75) is 31.2 Å². The van der Waals surface area contributed by atoms with Gasteiger partial charge in [-0.05, 0) is 25.8 Å². The Morgan fingerprint density at radius 1 is 1.53 bits per heavy atom. The molecule has 0 radical (unpaired) electrons. The lowest BCUT2D eigenvalue weighted by Crippen LogP contribution is -2.54. The van der Waals surface area contributed by atoms with Gasteiger partial charge in [0.2, 0.25) is 11.8 Å². The summed E-state index contributed by atoms with van der Waals surface area (Å²) in [6.07, 6.45) is 3.54. The van der Waals surface area contributed by atoms with E-state index in [0.29, 0.717) is 26.1 Å². The Morgan fingerprint density at radius 2 is 2.37 bits per heavy atom.